The minimum Gasteiger partial charge on any atom is -0.381 e. The first-order valence-corrected chi connectivity index (χ1v) is 4.30. The van der Waals surface area contributed by atoms with Crippen LogP contribution < -0.4 is 0 Å². The molecular weight excluding hydrogens is 140 g/mol. The lowest BCUT2D eigenvalue weighted by molar-refractivity contribution is -0.122. The highest BCUT2D eigenvalue weighted by atomic mass is 16.5. The van der Waals surface area contributed by atoms with Gasteiger partial charge in [0.1, 0.15) is 5.78 Å². The van der Waals surface area contributed by atoms with Crippen molar-refractivity contribution in [3.63, 3.8) is 0 Å². The Morgan fingerprint density at radius 3 is 2.82 bits per heavy atom. The van der Waals surface area contributed by atoms with Gasteiger partial charge in [-0.25, -0.2) is 0 Å². The minimum atomic E-state index is 0.190. The Bertz CT molecular complexity index is 134. The van der Waals surface area contributed by atoms with Crippen molar-refractivity contribution in [2.45, 2.75) is 26.7 Å². The van der Waals surface area contributed by atoms with Crippen LogP contribution in [0.1, 0.15) is 26.7 Å². The Labute approximate surface area is 67.9 Å². The summed E-state index contributed by atoms with van der Waals surface area (Å²) >= 11 is 0. The summed E-state index contributed by atoms with van der Waals surface area (Å²) in [4.78, 5) is 11.2. The Hall–Kier alpha value is -0.370. The molecule has 2 heteroatoms. The highest BCUT2D eigenvalue weighted by Gasteiger charge is 2.20. The Morgan fingerprint density at radius 2 is 2.36 bits per heavy atom. The van der Waals surface area contributed by atoms with Crippen molar-refractivity contribution in [1.29, 1.82) is 0 Å². The van der Waals surface area contributed by atoms with E-state index in [9.17, 15) is 4.79 Å². The van der Waals surface area contributed by atoms with Gasteiger partial charge in [-0.2, -0.15) is 0 Å². The first-order valence-electron chi connectivity index (χ1n) is 4.30. The van der Waals surface area contributed by atoms with E-state index in [0.29, 0.717) is 11.7 Å². The molecule has 0 saturated carbocycles. The van der Waals surface area contributed by atoms with Crippen LogP contribution in [0.25, 0.3) is 0 Å². The number of ether oxygens (including phenoxy) is 1. The molecule has 1 unspecified atom stereocenters. The highest BCUT2D eigenvalue weighted by molar-refractivity contribution is 5.80. The van der Waals surface area contributed by atoms with E-state index >= 15 is 0 Å². The summed E-state index contributed by atoms with van der Waals surface area (Å²) in [6, 6.07) is 0. The fourth-order valence-corrected chi connectivity index (χ4v) is 1.26. The average Bonchev–Trinajstić information content (AvgIpc) is 2.39. The van der Waals surface area contributed by atoms with Gasteiger partial charge in [0.05, 0.1) is 0 Å². The van der Waals surface area contributed by atoms with Crippen LogP contribution in [0, 0.1) is 11.8 Å². The van der Waals surface area contributed by atoms with Crippen LogP contribution in [0.3, 0.4) is 0 Å². The Morgan fingerprint density at radius 1 is 1.64 bits per heavy atom. The fraction of sp³-hybridized carbons (Fsp3) is 0.889. The van der Waals surface area contributed by atoms with E-state index in [1.807, 2.05) is 13.8 Å². The molecule has 1 fully saturated rings. The van der Waals surface area contributed by atoms with Gasteiger partial charge >= 0.3 is 0 Å². The van der Waals surface area contributed by atoms with Gasteiger partial charge in [-0.15, -0.1) is 0 Å². The second-order valence-corrected chi connectivity index (χ2v) is 3.55. The van der Waals surface area contributed by atoms with Crippen LogP contribution in [-0.2, 0) is 9.53 Å². The number of hydrogen-bond donors (Lipinski definition) is 0. The minimum absolute atomic E-state index is 0.190. The number of Topliss-reactive ketones (excluding diaryl/α,β-unsaturated/α-hetero) is 1. The van der Waals surface area contributed by atoms with Crippen LogP contribution in [-0.4, -0.2) is 19.0 Å². The molecule has 0 aromatic carbocycles. The van der Waals surface area contributed by atoms with Crippen molar-refractivity contribution in [3.8, 4) is 0 Å². The maximum absolute atomic E-state index is 11.2. The third-order valence-corrected chi connectivity index (χ3v) is 2.16. The molecule has 0 N–H and O–H groups in total. The summed E-state index contributed by atoms with van der Waals surface area (Å²) < 4.78 is 5.19. The zero-order valence-corrected chi connectivity index (χ0v) is 7.30. The topological polar surface area (TPSA) is 26.3 Å². The highest BCUT2D eigenvalue weighted by Crippen LogP contribution is 2.18. The van der Waals surface area contributed by atoms with Crippen LogP contribution in [0.15, 0.2) is 0 Å². The zero-order chi connectivity index (χ0) is 8.27. The van der Waals surface area contributed by atoms with Gasteiger partial charge < -0.3 is 4.74 Å². The van der Waals surface area contributed by atoms with Crippen molar-refractivity contribution in [2.75, 3.05) is 13.2 Å². The van der Waals surface area contributed by atoms with E-state index in [0.717, 1.165) is 26.1 Å². The number of carbonyl (C=O) groups is 1. The SMILES string of the molecule is CC(C)C(=O)CC1CCOC1. The molecule has 0 radical (unpaired) electrons. The van der Waals surface area contributed by atoms with E-state index in [-0.39, 0.29) is 5.92 Å². The largest absolute Gasteiger partial charge is 0.381 e. The normalized spacial score (nSPS) is 24.5. The summed E-state index contributed by atoms with van der Waals surface area (Å²) in [5.41, 5.74) is 0. The number of hydrogen-bond acceptors (Lipinski definition) is 2. The average molecular weight is 156 g/mol. The number of rotatable bonds is 3. The summed E-state index contributed by atoms with van der Waals surface area (Å²) in [5.74, 6) is 1.07. The van der Waals surface area contributed by atoms with Gasteiger partial charge in [0, 0.05) is 25.6 Å². The second-order valence-electron chi connectivity index (χ2n) is 3.55. The molecule has 1 rings (SSSR count). The molecule has 1 aliphatic heterocycles. The van der Waals surface area contributed by atoms with Crippen molar-refractivity contribution in [2.24, 2.45) is 11.8 Å². The summed E-state index contributed by atoms with van der Waals surface area (Å²) in [6.07, 6.45) is 1.79. The quantitative estimate of drug-likeness (QED) is 0.621. The van der Waals surface area contributed by atoms with Gasteiger partial charge in [-0.05, 0) is 12.3 Å². The molecule has 0 aromatic heterocycles. The molecule has 0 aromatic rings. The smallest absolute Gasteiger partial charge is 0.135 e. The molecule has 11 heavy (non-hydrogen) atoms. The van der Waals surface area contributed by atoms with Gasteiger partial charge in [0.25, 0.3) is 0 Å². The lowest BCUT2D eigenvalue weighted by Gasteiger charge is -2.07. The third kappa shape index (κ3) is 2.62. The second kappa shape index (κ2) is 3.86. The van der Waals surface area contributed by atoms with Gasteiger partial charge in [0.15, 0.2) is 0 Å². The zero-order valence-electron chi connectivity index (χ0n) is 7.30. The molecule has 1 saturated heterocycles. The molecule has 1 heterocycles. The van der Waals surface area contributed by atoms with Crippen LogP contribution in [0.2, 0.25) is 0 Å². The van der Waals surface area contributed by atoms with E-state index in [4.69, 9.17) is 4.74 Å². The molecule has 64 valence electrons. The molecule has 0 spiro atoms. The van der Waals surface area contributed by atoms with Gasteiger partial charge in [-0.1, -0.05) is 13.8 Å². The van der Waals surface area contributed by atoms with E-state index in [1.54, 1.807) is 0 Å². The summed E-state index contributed by atoms with van der Waals surface area (Å²) in [5, 5.41) is 0. The molecule has 1 atom stereocenters. The van der Waals surface area contributed by atoms with Crippen molar-refractivity contribution < 1.29 is 9.53 Å². The first-order chi connectivity index (χ1) is 5.20. The van der Waals surface area contributed by atoms with Crippen LogP contribution >= 0.6 is 0 Å². The number of carbonyl (C=O) groups excluding carboxylic acids is 1. The molecule has 1 aliphatic rings. The third-order valence-electron chi connectivity index (χ3n) is 2.16. The number of ketones is 1. The Balaban J connectivity index is 2.24. The molecular formula is C9H16O2. The van der Waals surface area contributed by atoms with E-state index in [2.05, 4.69) is 0 Å². The molecule has 2 nitrogen and oxygen atoms in total. The van der Waals surface area contributed by atoms with Crippen molar-refractivity contribution in [1.82, 2.24) is 0 Å². The van der Waals surface area contributed by atoms with Crippen molar-refractivity contribution >= 4 is 5.78 Å². The van der Waals surface area contributed by atoms with Gasteiger partial charge in [-0.3, -0.25) is 4.79 Å². The first kappa shape index (κ1) is 8.72. The van der Waals surface area contributed by atoms with Crippen molar-refractivity contribution in [3.05, 3.63) is 0 Å². The summed E-state index contributed by atoms with van der Waals surface area (Å²) in [7, 11) is 0. The van der Waals surface area contributed by atoms with E-state index in [1.165, 1.54) is 0 Å². The van der Waals surface area contributed by atoms with E-state index < -0.39 is 0 Å². The maximum atomic E-state index is 11.2. The predicted molar refractivity (Wildman–Crippen MR) is 43.4 cm³/mol. The lowest BCUT2D eigenvalue weighted by Crippen LogP contribution is -2.13. The molecule has 0 aliphatic carbocycles. The van der Waals surface area contributed by atoms with Gasteiger partial charge in [0.2, 0.25) is 0 Å². The molecule has 0 amide bonds. The van der Waals surface area contributed by atoms with Crippen LogP contribution in [0.4, 0.5) is 0 Å². The van der Waals surface area contributed by atoms with Crippen LogP contribution in [0.5, 0.6) is 0 Å². The fourth-order valence-electron chi connectivity index (χ4n) is 1.26. The maximum Gasteiger partial charge on any atom is 0.135 e. The summed E-state index contributed by atoms with van der Waals surface area (Å²) in [6.45, 7) is 5.55. The molecule has 0 bridgehead atoms. The monoisotopic (exact) mass is 156 g/mol. The predicted octanol–water partition coefficient (Wildman–Crippen LogP) is 1.64. The lowest BCUT2D eigenvalue weighted by atomic mass is 9.96. The Kier molecular flexibility index (Phi) is 3.06. The standard InChI is InChI=1S/C9H16O2/c1-7(2)9(10)5-8-3-4-11-6-8/h7-8H,3-6H2,1-2H3.